The molecule has 4 heterocycles. The van der Waals surface area contributed by atoms with E-state index < -0.39 is 24.5 Å². The van der Waals surface area contributed by atoms with Gasteiger partial charge in [0.1, 0.15) is 41.9 Å². The molecule has 3 aromatic heterocycles. The lowest BCUT2D eigenvalue weighted by Gasteiger charge is -2.46. The van der Waals surface area contributed by atoms with Crippen LogP contribution in [0.15, 0.2) is 30.7 Å². The Morgan fingerprint density at radius 1 is 1.19 bits per heavy atom. The van der Waals surface area contributed by atoms with Crippen molar-refractivity contribution < 1.29 is 14.9 Å². The summed E-state index contributed by atoms with van der Waals surface area (Å²) in [6, 6.07) is 7.20. The Balaban J connectivity index is 1.07. The van der Waals surface area contributed by atoms with Gasteiger partial charge in [-0.3, -0.25) is 4.90 Å². The summed E-state index contributed by atoms with van der Waals surface area (Å²) in [4.78, 5) is 19.1. The molecular formula is C31H42ClN7O3. The molecular weight excluding hydrogens is 554 g/mol. The van der Waals surface area contributed by atoms with Crippen molar-refractivity contribution in [1.29, 1.82) is 0 Å². The van der Waals surface area contributed by atoms with Gasteiger partial charge in [-0.15, -0.1) is 0 Å². The number of nitrogens with one attached hydrogen (secondary N) is 1. The Labute approximate surface area is 251 Å². The van der Waals surface area contributed by atoms with E-state index >= 15 is 0 Å². The fourth-order valence-corrected chi connectivity index (χ4v) is 6.83. The van der Waals surface area contributed by atoms with Crippen molar-refractivity contribution in [3.63, 3.8) is 0 Å². The van der Waals surface area contributed by atoms with Crippen LogP contribution >= 0.6 is 11.6 Å². The molecule has 11 heteroatoms. The maximum Gasteiger partial charge on any atom is 0.164 e. The van der Waals surface area contributed by atoms with Gasteiger partial charge in [0.15, 0.2) is 6.23 Å². The third kappa shape index (κ3) is 5.39. The third-order valence-corrected chi connectivity index (χ3v) is 9.41. The molecule has 0 bridgehead atoms. The molecule has 5 N–H and O–H groups in total. The van der Waals surface area contributed by atoms with Crippen molar-refractivity contribution in [2.45, 2.75) is 102 Å². The number of aliphatic hydroxyl groups excluding tert-OH is 2. The predicted molar refractivity (Wildman–Crippen MR) is 164 cm³/mol. The average molecular weight is 596 g/mol. The first-order valence-electron chi connectivity index (χ1n) is 14.9. The number of benzene rings is 1. The highest BCUT2D eigenvalue weighted by molar-refractivity contribution is 6.36. The Kier molecular flexibility index (Phi) is 7.72. The monoisotopic (exact) mass is 595 g/mol. The minimum atomic E-state index is -1.13. The van der Waals surface area contributed by atoms with Crippen molar-refractivity contribution in [3.05, 3.63) is 47.1 Å². The number of hydrogen-bond donors (Lipinski definition) is 4. The zero-order chi connectivity index (χ0) is 29.9. The lowest BCUT2D eigenvalue weighted by molar-refractivity contribution is -0.0618. The van der Waals surface area contributed by atoms with Crippen molar-refractivity contribution in [2.75, 3.05) is 12.3 Å². The largest absolute Gasteiger partial charge is 0.387 e. The molecule has 1 aromatic carbocycles. The molecule has 0 unspecified atom stereocenters. The molecule has 1 saturated heterocycles. The summed E-state index contributed by atoms with van der Waals surface area (Å²) in [5.41, 5.74) is 9.99. The number of aliphatic hydroxyl groups is 2. The predicted octanol–water partition coefficient (Wildman–Crippen LogP) is 4.58. The van der Waals surface area contributed by atoms with Gasteiger partial charge in [-0.2, -0.15) is 0 Å². The van der Waals surface area contributed by atoms with E-state index in [1.807, 2.05) is 0 Å². The summed E-state index contributed by atoms with van der Waals surface area (Å²) < 4.78 is 7.92. The molecule has 6 rings (SSSR count). The summed E-state index contributed by atoms with van der Waals surface area (Å²) in [7, 11) is 0. The molecule has 0 spiro atoms. The molecule has 42 heavy (non-hydrogen) atoms. The van der Waals surface area contributed by atoms with Crippen molar-refractivity contribution >= 4 is 39.5 Å². The van der Waals surface area contributed by atoms with Crippen LogP contribution in [0.3, 0.4) is 0 Å². The molecule has 1 aliphatic carbocycles. The normalized spacial score (nSPS) is 26.6. The van der Waals surface area contributed by atoms with Crippen LogP contribution in [0.2, 0.25) is 5.02 Å². The highest BCUT2D eigenvalue weighted by Crippen LogP contribution is 2.39. The molecule has 0 radical (unpaired) electrons. The Morgan fingerprint density at radius 3 is 2.67 bits per heavy atom. The van der Waals surface area contributed by atoms with E-state index in [2.05, 4.69) is 72.7 Å². The number of aryl methyl sites for hydroxylation is 1. The van der Waals surface area contributed by atoms with E-state index in [1.165, 1.54) is 11.9 Å². The van der Waals surface area contributed by atoms with E-state index in [9.17, 15) is 10.2 Å². The molecule has 10 nitrogen and oxygen atoms in total. The van der Waals surface area contributed by atoms with E-state index in [0.29, 0.717) is 34.6 Å². The molecule has 4 atom stereocenters. The van der Waals surface area contributed by atoms with Crippen LogP contribution in [0.4, 0.5) is 5.82 Å². The minimum Gasteiger partial charge on any atom is -0.387 e. The van der Waals surface area contributed by atoms with Crippen LogP contribution in [-0.2, 0) is 16.6 Å². The number of imidazole rings is 1. The number of nitrogen functional groups attached to an aromatic ring is 1. The van der Waals surface area contributed by atoms with Gasteiger partial charge < -0.3 is 30.2 Å². The van der Waals surface area contributed by atoms with Crippen LogP contribution in [0.25, 0.3) is 22.1 Å². The average Bonchev–Trinajstić information content (AvgIpc) is 3.55. The molecule has 1 saturated carbocycles. The number of halogens is 1. The standard InChI is InChI=1S/C31H42ClN7O3/c1-16(2)38(14-23-26(40)27(41)30(42-23)39-13-20(32)25-28(33)34-15-35-29(25)39)19-10-17(11-19)6-9-24-36-21-8-7-18(31(3,4)5)12-22(21)37-24/h7-8,12-13,15-17,19,23,26-27,30,40-41H,6,9-11,14H2,1-5H3,(H,36,37)(H2,33,34,35)/t17-,19+,23-,26-,27-,30-/m1/s1. The number of aromatic amines is 1. The van der Waals surface area contributed by atoms with Crippen molar-refractivity contribution in [2.24, 2.45) is 5.92 Å². The zero-order valence-electron chi connectivity index (χ0n) is 25.0. The van der Waals surface area contributed by atoms with E-state index in [0.717, 1.165) is 42.5 Å². The number of hydrogen-bond acceptors (Lipinski definition) is 8. The second kappa shape index (κ2) is 11.1. The molecule has 2 fully saturated rings. The van der Waals surface area contributed by atoms with Crippen LogP contribution in [0.5, 0.6) is 0 Å². The summed E-state index contributed by atoms with van der Waals surface area (Å²) in [6.07, 6.45) is 3.61. The van der Waals surface area contributed by atoms with Gasteiger partial charge in [0.05, 0.1) is 21.4 Å². The minimum absolute atomic E-state index is 0.100. The van der Waals surface area contributed by atoms with Gasteiger partial charge in [-0.25, -0.2) is 15.0 Å². The lowest BCUT2D eigenvalue weighted by atomic mass is 9.76. The number of ether oxygens (including phenoxy) is 1. The molecule has 0 amide bonds. The Hall–Kier alpha value is -2.76. The number of fused-ring (bicyclic) bond motifs is 2. The number of aromatic nitrogens is 5. The van der Waals surface area contributed by atoms with Crippen LogP contribution in [0.1, 0.15) is 71.5 Å². The zero-order valence-corrected chi connectivity index (χ0v) is 25.7. The quantitative estimate of drug-likeness (QED) is 0.232. The third-order valence-electron chi connectivity index (χ3n) is 9.13. The highest BCUT2D eigenvalue weighted by Gasteiger charge is 2.46. The fourth-order valence-electron chi connectivity index (χ4n) is 6.55. The van der Waals surface area contributed by atoms with Crippen molar-refractivity contribution in [3.8, 4) is 0 Å². The fraction of sp³-hybridized carbons (Fsp3) is 0.581. The van der Waals surface area contributed by atoms with E-state index in [4.69, 9.17) is 27.1 Å². The lowest BCUT2D eigenvalue weighted by Crippen LogP contribution is -2.52. The van der Waals surface area contributed by atoms with Gasteiger partial charge >= 0.3 is 0 Å². The van der Waals surface area contributed by atoms with Crippen LogP contribution < -0.4 is 5.73 Å². The Morgan fingerprint density at radius 2 is 1.95 bits per heavy atom. The van der Waals surface area contributed by atoms with E-state index in [-0.39, 0.29) is 17.3 Å². The maximum atomic E-state index is 11.0. The second-order valence-electron chi connectivity index (χ2n) is 13.4. The van der Waals surface area contributed by atoms with Gasteiger partial charge in [0.25, 0.3) is 0 Å². The number of nitrogens with zero attached hydrogens (tertiary/aromatic N) is 5. The number of anilines is 1. The van der Waals surface area contributed by atoms with Crippen LogP contribution in [-0.4, -0.2) is 76.6 Å². The summed E-state index contributed by atoms with van der Waals surface area (Å²) in [5, 5.41) is 22.8. The first-order valence-corrected chi connectivity index (χ1v) is 15.3. The molecule has 1 aliphatic heterocycles. The maximum absolute atomic E-state index is 11.0. The van der Waals surface area contributed by atoms with Gasteiger partial charge in [-0.1, -0.05) is 38.4 Å². The first kappa shape index (κ1) is 29.3. The van der Waals surface area contributed by atoms with Gasteiger partial charge in [0.2, 0.25) is 0 Å². The number of rotatable bonds is 8. The number of H-pyrrole nitrogens is 1. The van der Waals surface area contributed by atoms with Crippen molar-refractivity contribution in [1.82, 2.24) is 29.4 Å². The Bertz CT molecular complexity index is 1570. The first-order chi connectivity index (χ1) is 19.9. The SMILES string of the molecule is CC(C)N(C[C@H]1O[C@@H](n2cc(Cl)c3c(N)ncnc32)[C@H](O)[C@@H]1O)[C@H]1C[C@@H](CCc2nc3cc(C(C)(C)C)ccc3[nH]2)C1. The topological polar surface area (TPSA) is 138 Å². The number of nitrogens with two attached hydrogens (primary N) is 1. The smallest absolute Gasteiger partial charge is 0.164 e. The summed E-state index contributed by atoms with van der Waals surface area (Å²) in [5.74, 6) is 1.93. The molecule has 4 aromatic rings. The summed E-state index contributed by atoms with van der Waals surface area (Å²) in [6.45, 7) is 11.5. The molecule has 226 valence electrons. The van der Waals surface area contributed by atoms with E-state index in [1.54, 1.807) is 10.8 Å². The molecule has 2 aliphatic rings. The summed E-state index contributed by atoms with van der Waals surface area (Å²) >= 11 is 6.40. The van der Waals surface area contributed by atoms with Gasteiger partial charge in [0, 0.05) is 31.2 Å². The highest BCUT2D eigenvalue weighted by atomic mass is 35.5. The van der Waals surface area contributed by atoms with Gasteiger partial charge in [-0.05, 0) is 62.1 Å². The van der Waals surface area contributed by atoms with Crippen LogP contribution in [0, 0.1) is 5.92 Å². The second-order valence-corrected chi connectivity index (χ2v) is 13.8.